The lowest BCUT2D eigenvalue weighted by Gasteiger charge is -2.17. The van der Waals surface area contributed by atoms with Crippen molar-refractivity contribution in [1.29, 1.82) is 0 Å². The number of carboxylic acid groups (broad SMARTS) is 1. The first-order valence-electron chi connectivity index (χ1n) is 8.06. The van der Waals surface area contributed by atoms with Crippen molar-refractivity contribution >= 4 is 45.1 Å². The minimum absolute atomic E-state index is 0.0144. The third-order valence-corrected chi connectivity index (χ3v) is 6.43. The van der Waals surface area contributed by atoms with E-state index in [1.54, 1.807) is 12.1 Å². The van der Waals surface area contributed by atoms with Crippen LogP contribution in [-0.4, -0.2) is 32.9 Å². The molecule has 0 saturated heterocycles. The highest BCUT2D eigenvalue weighted by Gasteiger charge is 2.46. The Morgan fingerprint density at radius 1 is 1.46 bits per heavy atom. The fourth-order valence-electron chi connectivity index (χ4n) is 3.13. The maximum Gasteiger partial charge on any atom is 0.413 e. The molecular weight excluding hydrogens is 378 g/mol. The maximum absolute atomic E-state index is 11.9. The first-order valence-corrected chi connectivity index (χ1v) is 9.25. The second-order valence-corrected chi connectivity index (χ2v) is 7.80. The number of amides is 1. The summed E-state index contributed by atoms with van der Waals surface area (Å²) in [7, 11) is 0. The molecule has 1 aliphatic rings. The van der Waals surface area contributed by atoms with Crippen LogP contribution in [0.25, 0.3) is 10.2 Å². The quantitative estimate of drug-likeness (QED) is 0.636. The highest BCUT2D eigenvalue weighted by Crippen LogP contribution is 2.53. The van der Waals surface area contributed by atoms with E-state index in [1.165, 1.54) is 17.6 Å². The second kappa shape index (κ2) is 6.22. The molecule has 0 aliphatic heterocycles. The van der Waals surface area contributed by atoms with Crippen LogP contribution >= 0.6 is 22.9 Å². The van der Waals surface area contributed by atoms with Gasteiger partial charge in [-0.3, -0.25) is 4.90 Å². The topological polar surface area (TPSA) is 99.7 Å². The van der Waals surface area contributed by atoms with Gasteiger partial charge in [-0.1, -0.05) is 0 Å². The van der Waals surface area contributed by atoms with E-state index in [0.29, 0.717) is 16.0 Å². The van der Waals surface area contributed by atoms with Gasteiger partial charge in [0.2, 0.25) is 5.28 Å². The van der Waals surface area contributed by atoms with Crippen LogP contribution in [0.2, 0.25) is 5.28 Å². The predicted octanol–water partition coefficient (Wildman–Crippen LogP) is 3.95. The van der Waals surface area contributed by atoms with Crippen molar-refractivity contribution < 1.29 is 19.4 Å². The maximum atomic E-state index is 11.9. The first kappa shape index (κ1) is 17.3. The summed E-state index contributed by atoms with van der Waals surface area (Å²) in [5.74, 6) is 0.731. The molecule has 0 radical (unpaired) electrons. The molecule has 3 aromatic rings. The van der Waals surface area contributed by atoms with Gasteiger partial charge >= 0.3 is 6.09 Å². The fraction of sp³-hybridized carbons (Fsp3) is 0.353. The lowest BCUT2D eigenvalue weighted by molar-refractivity contribution is 0.200. The number of thiophene rings is 1. The molecule has 3 aromatic heterocycles. The summed E-state index contributed by atoms with van der Waals surface area (Å²) in [6.07, 6.45) is 2.14. The van der Waals surface area contributed by atoms with E-state index in [0.717, 1.165) is 28.2 Å². The third-order valence-electron chi connectivity index (χ3n) is 4.74. The van der Waals surface area contributed by atoms with Gasteiger partial charge in [0.15, 0.2) is 5.82 Å². The van der Waals surface area contributed by atoms with Crippen LogP contribution in [0.5, 0.6) is 0 Å². The van der Waals surface area contributed by atoms with Crippen molar-refractivity contribution in [2.45, 2.75) is 31.7 Å². The normalized spacial score (nSPS) is 15.3. The molecule has 4 rings (SSSR count). The number of carbonyl (C=O) groups is 1. The number of aryl methyl sites for hydroxylation is 1. The van der Waals surface area contributed by atoms with E-state index in [-0.39, 0.29) is 29.7 Å². The number of anilines is 1. The number of aromatic nitrogens is 2. The van der Waals surface area contributed by atoms with E-state index in [4.69, 9.17) is 16.0 Å². The number of fused-ring (bicyclic) bond motifs is 1. The molecule has 1 fully saturated rings. The molecule has 7 nitrogen and oxygen atoms in total. The summed E-state index contributed by atoms with van der Waals surface area (Å²) in [6, 6.07) is 3.40. The standard InChI is InChI=1S/C17H16ClN3O4S/c1-9-11-12(26-13(9)17(8-22)4-5-17)14(20-15(18)19-11)21(16(23)24)7-10-3-2-6-25-10/h2-3,6,22H,4-5,7-8H2,1H3,(H,23,24). The van der Waals surface area contributed by atoms with Gasteiger partial charge in [-0.2, -0.15) is 4.98 Å². The molecule has 1 saturated carbocycles. The Morgan fingerprint density at radius 2 is 2.23 bits per heavy atom. The van der Waals surface area contributed by atoms with E-state index < -0.39 is 6.09 Å². The zero-order valence-electron chi connectivity index (χ0n) is 13.9. The van der Waals surface area contributed by atoms with Crippen LogP contribution in [0.15, 0.2) is 22.8 Å². The highest BCUT2D eigenvalue weighted by molar-refractivity contribution is 7.20. The van der Waals surface area contributed by atoms with Crippen LogP contribution in [0.4, 0.5) is 10.6 Å². The fourth-order valence-corrected chi connectivity index (χ4v) is 4.78. The predicted molar refractivity (Wildman–Crippen MR) is 98.1 cm³/mol. The molecule has 0 unspecified atom stereocenters. The number of hydrogen-bond donors (Lipinski definition) is 2. The Bertz CT molecular complexity index is 982. The zero-order valence-corrected chi connectivity index (χ0v) is 15.5. The molecule has 0 aromatic carbocycles. The summed E-state index contributed by atoms with van der Waals surface area (Å²) < 4.78 is 5.93. The van der Waals surface area contributed by atoms with Gasteiger partial charge in [0.1, 0.15) is 5.76 Å². The Morgan fingerprint density at radius 3 is 2.81 bits per heavy atom. The van der Waals surface area contributed by atoms with Gasteiger partial charge in [0, 0.05) is 10.3 Å². The summed E-state index contributed by atoms with van der Waals surface area (Å²) in [5.41, 5.74) is 1.31. The van der Waals surface area contributed by atoms with E-state index >= 15 is 0 Å². The highest BCUT2D eigenvalue weighted by atomic mass is 35.5. The summed E-state index contributed by atoms with van der Waals surface area (Å²) >= 11 is 7.52. The van der Waals surface area contributed by atoms with E-state index in [2.05, 4.69) is 9.97 Å². The van der Waals surface area contributed by atoms with Crippen molar-refractivity contribution in [2.24, 2.45) is 0 Å². The van der Waals surface area contributed by atoms with Crippen molar-refractivity contribution in [1.82, 2.24) is 9.97 Å². The lowest BCUT2D eigenvalue weighted by atomic mass is 10.0. The third kappa shape index (κ3) is 2.74. The van der Waals surface area contributed by atoms with Gasteiger partial charge in [-0.15, -0.1) is 11.3 Å². The molecule has 0 bridgehead atoms. The number of furan rings is 1. The second-order valence-electron chi connectivity index (χ2n) is 6.44. The van der Waals surface area contributed by atoms with E-state index in [9.17, 15) is 15.0 Å². The first-order chi connectivity index (χ1) is 12.4. The smallest absolute Gasteiger partial charge is 0.413 e. The molecule has 0 spiro atoms. The Kier molecular flexibility index (Phi) is 4.13. The van der Waals surface area contributed by atoms with Gasteiger partial charge in [0.25, 0.3) is 0 Å². The zero-order chi connectivity index (χ0) is 18.5. The lowest BCUT2D eigenvalue weighted by Crippen LogP contribution is -2.29. The molecular formula is C17H16ClN3O4S. The molecule has 136 valence electrons. The van der Waals surface area contributed by atoms with Crippen LogP contribution in [0.3, 0.4) is 0 Å². The van der Waals surface area contributed by atoms with Crippen LogP contribution in [-0.2, 0) is 12.0 Å². The molecule has 26 heavy (non-hydrogen) atoms. The van der Waals surface area contributed by atoms with Crippen LogP contribution in [0.1, 0.15) is 29.0 Å². The van der Waals surface area contributed by atoms with Gasteiger partial charge in [-0.25, -0.2) is 9.78 Å². The SMILES string of the molecule is Cc1c(C2(CO)CC2)sc2c(N(Cc3ccco3)C(=O)O)nc(Cl)nc12. The van der Waals surface area contributed by atoms with Crippen LogP contribution in [0, 0.1) is 6.92 Å². The monoisotopic (exact) mass is 393 g/mol. The summed E-state index contributed by atoms with van der Waals surface area (Å²) in [5, 5.41) is 19.5. The number of aliphatic hydroxyl groups excluding tert-OH is 1. The molecule has 1 aliphatic carbocycles. The minimum Gasteiger partial charge on any atom is -0.467 e. The van der Waals surface area contributed by atoms with Crippen molar-refractivity contribution in [2.75, 3.05) is 11.5 Å². The molecule has 1 amide bonds. The van der Waals surface area contributed by atoms with Gasteiger partial charge < -0.3 is 14.6 Å². The Hall–Kier alpha value is -2.16. The number of nitrogens with zero attached hydrogens (tertiary/aromatic N) is 3. The van der Waals surface area contributed by atoms with Crippen molar-refractivity contribution in [3.05, 3.63) is 39.9 Å². The average molecular weight is 394 g/mol. The largest absolute Gasteiger partial charge is 0.467 e. The average Bonchev–Trinajstić information content (AvgIpc) is 3.09. The summed E-state index contributed by atoms with van der Waals surface area (Å²) in [4.78, 5) is 22.5. The number of rotatable bonds is 5. The molecule has 9 heteroatoms. The van der Waals surface area contributed by atoms with Gasteiger partial charge in [-0.05, 0) is 49.1 Å². The molecule has 2 N–H and O–H groups in total. The summed E-state index contributed by atoms with van der Waals surface area (Å²) in [6.45, 7) is 2.00. The number of halogens is 1. The van der Waals surface area contributed by atoms with Gasteiger partial charge in [0.05, 0.1) is 29.6 Å². The van der Waals surface area contributed by atoms with Crippen molar-refractivity contribution in [3.8, 4) is 0 Å². The number of hydrogen-bond acceptors (Lipinski definition) is 6. The van der Waals surface area contributed by atoms with Crippen LogP contribution < -0.4 is 4.90 Å². The molecule has 3 heterocycles. The van der Waals surface area contributed by atoms with E-state index in [1.807, 2.05) is 6.92 Å². The number of aliphatic hydroxyl groups is 1. The Balaban J connectivity index is 1.88. The molecule has 0 atom stereocenters. The Labute approximate surface area is 157 Å². The van der Waals surface area contributed by atoms with Crippen molar-refractivity contribution in [3.63, 3.8) is 0 Å². The minimum atomic E-state index is -1.16.